The van der Waals surface area contributed by atoms with Crippen molar-refractivity contribution in [1.29, 1.82) is 0 Å². The molecule has 0 amide bonds. The van der Waals surface area contributed by atoms with Crippen molar-refractivity contribution in [3.05, 3.63) is 23.8 Å². The second kappa shape index (κ2) is 3.45. The van der Waals surface area contributed by atoms with Crippen molar-refractivity contribution in [3.8, 4) is 0 Å². The van der Waals surface area contributed by atoms with Crippen LogP contribution >= 0.6 is 0 Å². The SMILES string of the molecule is O=C(O)CCc1ccc2nonc2c1. The molecule has 72 valence electrons. The molecule has 0 bridgehead atoms. The summed E-state index contributed by atoms with van der Waals surface area (Å²) in [5.41, 5.74) is 2.27. The van der Waals surface area contributed by atoms with Crippen LogP contribution in [0.5, 0.6) is 0 Å². The molecule has 0 saturated carbocycles. The second-order valence-electron chi connectivity index (χ2n) is 2.98. The van der Waals surface area contributed by atoms with Crippen LogP contribution in [0.4, 0.5) is 0 Å². The Hall–Kier alpha value is -1.91. The van der Waals surface area contributed by atoms with Gasteiger partial charge in [-0.05, 0) is 34.4 Å². The summed E-state index contributed by atoms with van der Waals surface area (Å²) in [6.45, 7) is 0. The molecule has 0 fully saturated rings. The average molecular weight is 192 g/mol. The maximum absolute atomic E-state index is 10.3. The van der Waals surface area contributed by atoms with Gasteiger partial charge in [-0.3, -0.25) is 4.79 Å². The van der Waals surface area contributed by atoms with Crippen LogP contribution in [-0.4, -0.2) is 21.4 Å². The number of rotatable bonds is 3. The Morgan fingerprint density at radius 3 is 2.93 bits per heavy atom. The van der Waals surface area contributed by atoms with Crippen LogP contribution in [-0.2, 0) is 11.2 Å². The maximum atomic E-state index is 10.3. The van der Waals surface area contributed by atoms with E-state index < -0.39 is 5.97 Å². The number of carboxylic acids is 1. The molecule has 0 saturated heterocycles. The van der Waals surface area contributed by atoms with E-state index in [-0.39, 0.29) is 6.42 Å². The lowest BCUT2D eigenvalue weighted by Gasteiger charge is -1.96. The fourth-order valence-electron chi connectivity index (χ4n) is 1.23. The second-order valence-corrected chi connectivity index (χ2v) is 2.98. The minimum atomic E-state index is -0.802. The summed E-state index contributed by atoms with van der Waals surface area (Å²) in [4.78, 5) is 10.3. The Kier molecular flexibility index (Phi) is 2.14. The average Bonchev–Trinajstić information content (AvgIpc) is 2.61. The number of aromatic nitrogens is 2. The summed E-state index contributed by atoms with van der Waals surface area (Å²) in [6, 6.07) is 5.38. The molecule has 0 aliphatic carbocycles. The number of carbonyl (C=O) groups is 1. The van der Waals surface area contributed by atoms with Gasteiger partial charge >= 0.3 is 5.97 Å². The molecular formula is C9H8N2O3. The van der Waals surface area contributed by atoms with Crippen molar-refractivity contribution in [3.63, 3.8) is 0 Å². The zero-order chi connectivity index (χ0) is 9.97. The molecule has 1 N–H and O–H groups in total. The lowest BCUT2D eigenvalue weighted by molar-refractivity contribution is -0.136. The molecule has 1 heterocycles. The molecule has 5 heteroatoms. The van der Waals surface area contributed by atoms with E-state index in [0.717, 1.165) is 5.56 Å². The molecule has 0 aliphatic heterocycles. The minimum Gasteiger partial charge on any atom is -0.481 e. The van der Waals surface area contributed by atoms with Gasteiger partial charge in [-0.1, -0.05) is 6.07 Å². The zero-order valence-corrected chi connectivity index (χ0v) is 7.30. The van der Waals surface area contributed by atoms with Gasteiger partial charge in [-0.2, -0.15) is 0 Å². The van der Waals surface area contributed by atoms with E-state index in [2.05, 4.69) is 14.9 Å². The monoisotopic (exact) mass is 192 g/mol. The molecule has 0 spiro atoms. The van der Waals surface area contributed by atoms with Crippen LogP contribution < -0.4 is 0 Å². The van der Waals surface area contributed by atoms with Crippen LogP contribution in [0.15, 0.2) is 22.8 Å². The predicted molar refractivity (Wildman–Crippen MR) is 47.8 cm³/mol. The van der Waals surface area contributed by atoms with Crippen molar-refractivity contribution < 1.29 is 14.5 Å². The van der Waals surface area contributed by atoms with Gasteiger partial charge < -0.3 is 5.11 Å². The standard InChI is InChI=1S/C9H8N2O3/c12-9(13)4-2-6-1-3-7-8(5-6)11-14-10-7/h1,3,5H,2,4H2,(H,12,13). The van der Waals surface area contributed by atoms with Gasteiger partial charge in [-0.15, -0.1) is 0 Å². The van der Waals surface area contributed by atoms with Gasteiger partial charge in [0.25, 0.3) is 0 Å². The van der Waals surface area contributed by atoms with E-state index in [1.54, 1.807) is 12.1 Å². The van der Waals surface area contributed by atoms with Gasteiger partial charge in [0.2, 0.25) is 0 Å². The third kappa shape index (κ3) is 1.71. The number of fused-ring (bicyclic) bond motifs is 1. The maximum Gasteiger partial charge on any atom is 0.303 e. The quantitative estimate of drug-likeness (QED) is 0.791. The molecule has 1 aromatic heterocycles. The number of benzene rings is 1. The van der Waals surface area contributed by atoms with Crippen LogP contribution in [0.1, 0.15) is 12.0 Å². The Bertz CT molecular complexity index is 464. The van der Waals surface area contributed by atoms with Gasteiger partial charge in [-0.25, -0.2) is 4.63 Å². The number of aliphatic carboxylic acids is 1. The summed E-state index contributed by atoms with van der Waals surface area (Å²) in [5, 5.41) is 15.8. The van der Waals surface area contributed by atoms with Gasteiger partial charge in [0, 0.05) is 6.42 Å². The highest BCUT2D eigenvalue weighted by Crippen LogP contribution is 2.12. The van der Waals surface area contributed by atoms with Crippen molar-refractivity contribution in [2.45, 2.75) is 12.8 Å². The zero-order valence-electron chi connectivity index (χ0n) is 7.30. The minimum absolute atomic E-state index is 0.122. The molecule has 0 radical (unpaired) electrons. The van der Waals surface area contributed by atoms with E-state index in [1.165, 1.54) is 0 Å². The Morgan fingerprint density at radius 1 is 1.36 bits per heavy atom. The molecule has 1 aromatic carbocycles. The highest BCUT2D eigenvalue weighted by atomic mass is 16.6. The van der Waals surface area contributed by atoms with Crippen molar-refractivity contribution >= 4 is 17.0 Å². The molecule has 2 aromatic rings. The Balaban J connectivity index is 2.21. The predicted octanol–water partition coefficient (Wildman–Crippen LogP) is 1.24. The van der Waals surface area contributed by atoms with Gasteiger partial charge in [0.15, 0.2) is 0 Å². The van der Waals surface area contributed by atoms with Gasteiger partial charge in [0.1, 0.15) is 11.0 Å². The summed E-state index contributed by atoms with van der Waals surface area (Å²) in [5.74, 6) is -0.802. The highest BCUT2D eigenvalue weighted by molar-refractivity contribution is 5.74. The first-order chi connectivity index (χ1) is 6.75. The topological polar surface area (TPSA) is 76.2 Å². The number of hydrogen-bond donors (Lipinski definition) is 1. The highest BCUT2D eigenvalue weighted by Gasteiger charge is 2.03. The van der Waals surface area contributed by atoms with E-state index in [1.807, 2.05) is 6.07 Å². The van der Waals surface area contributed by atoms with E-state index in [9.17, 15) is 4.79 Å². The van der Waals surface area contributed by atoms with Crippen molar-refractivity contribution in [1.82, 2.24) is 10.3 Å². The molecule has 2 rings (SSSR count). The van der Waals surface area contributed by atoms with E-state index in [0.29, 0.717) is 17.5 Å². The van der Waals surface area contributed by atoms with Gasteiger partial charge in [0.05, 0.1) is 0 Å². The molecule has 5 nitrogen and oxygen atoms in total. The lowest BCUT2D eigenvalue weighted by Crippen LogP contribution is -1.97. The first kappa shape index (κ1) is 8.68. The molecule has 0 unspecified atom stereocenters. The fourth-order valence-corrected chi connectivity index (χ4v) is 1.23. The first-order valence-electron chi connectivity index (χ1n) is 4.19. The third-order valence-corrected chi connectivity index (χ3v) is 1.95. The Morgan fingerprint density at radius 2 is 2.14 bits per heavy atom. The number of carboxylic acid groups (broad SMARTS) is 1. The van der Waals surface area contributed by atoms with E-state index >= 15 is 0 Å². The van der Waals surface area contributed by atoms with Crippen LogP contribution in [0.3, 0.4) is 0 Å². The van der Waals surface area contributed by atoms with Crippen molar-refractivity contribution in [2.24, 2.45) is 0 Å². The summed E-state index contributed by atoms with van der Waals surface area (Å²) in [6.07, 6.45) is 0.620. The molecule has 0 atom stereocenters. The fraction of sp³-hybridized carbons (Fsp3) is 0.222. The number of nitrogens with zero attached hydrogens (tertiary/aromatic N) is 2. The van der Waals surface area contributed by atoms with Crippen molar-refractivity contribution in [2.75, 3.05) is 0 Å². The molecule has 0 aliphatic rings. The van der Waals surface area contributed by atoms with Crippen LogP contribution in [0.2, 0.25) is 0 Å². The summed E-state index contributed by atoms with van der Waals surface area (Å²) in [7, 11) is 0. The van der Waals surface area contributed by atoms with E-state index in [4.69, 9.17) is 5.11 Å². The Labute approximate surface area is 79.3 Å². The smallest absolute Gasteiger partial charge is 0.303 e. The first-order valence-corrected chi connectivity index (χ1v) is 4.19. The molecule has 14 heavy (non-hydrogen) atoms. The lowest BCUT2D eigenvalue weighted by atomic mass is 10.1. The summed E-state index contributed by atoms with van der Waals surface area (Å²) >= 11 is 0. The normalized spacial score (nSPS) is 10.6. The molecular weight excluding hydrogens is 184 g/mol. The summed E-state index contributed by atoms with van der Waals surface area (Å²) < 4.78 is 4.53. The largest absolute Gasteiger partial charge is 0.481 e. The van der Waals surface area contributed by atoms with Crippen LogP contribution in [0, 0.1) is 0 Å². The number of aryl methyl sites for hydroxylation is 1. The van der Waals surface area contributed by atoms with Crippen LogP contribution in [0.25, 0.3) is 11.0 Å². The number of hydrogen-bond acceptors (Lipinski definition) is 4. The third-order valence-electron chi connectivity index (χ3n) is 1.95.